The van der Waals surface area contributed by atoms with Gasteiger partial charge in [0.1, 0.15) is 10.8 Å². The predicted molar refractivity (Wildman–Crippen MR) is 123 cm³/mol. The van der Waals surface area contributed by atoms with E-state index in [1.54, 1.807) is 0 Å². The summed E-state index contributed by atoms with van der Waals surface area (Å²) < 4.78 is 13.5. The number of hydrogen-bond acceptors (Lipinski definition) is 6. The first kappa shape index (κ1) is 21.8. The fourth-order valence-corrected chi connectivity index (χ4v) is 5.23. The third-order valence-corrected chi connectivity index (χ3v) is 7.00. The van der Waals surface area contributed by atoms with Crippen molar-refractivity contribution in [3.05, 3.63) is 17.4 Å². The van der Waals surface area contributed by atoms with E-state index in [0.717, 1.165) is 81.6 Å². The zero-order valence-electron chi connectivity index (χ0n) is 19.1. The summed E-state index contributed by atoms with van der Waals surface area (Å²) in [5.41, 5.74) is 0.751. The molecule has 2 aromatic rings. The molecule has 5 rings (SSSR count). The highest BCUT2D eigenvalue weighted by Crippen LogP contribution is 2.44. The molecule has 9 heteroatoms. The lowest BCUT2D eigenvalue weighted by atomic mass is 9.72. The second kappa shape index (κ2) is 8.06. The van der Waals surface area contributed by atoms with Gasteiger partial charge in [0.25, 0.3) is 0 Å². The van der Waals surface area contributed by atoms with Gasteiger partial charge in [0.15, 0.2) is 12.0 Å². The molecule has 0 aliphatic carbocycles. The van der Waals surface area contributed by atoms with Crippen molar-refractivity contribution in [3.8, 4) is 0 Å². The Kier molecular flexibility index (Phi) is 5.48. The highest BCUT2D eigenvalue weighted by Gasteiger charge is 2.47. The van der Waals surface area contributed by atoms with Crippen LogP contribution in [0.5, 0.6) is 0 Å². The molecule has 0 aromatic carbocycles. The summed E-state index contributed by atoms with van der Waals surface area (Å²) in [6.07, 6.45) is 6.74. The first-order valence-corrected chi connectivity index (χ1v) is 12.0. The molecule has 0 radical (unpaired) electrons. The fraction of sp³-hybridized carbons (Fsp3) is 0.696. The number of anilines is 1. The summed E-state index contributed by atoms with van der Waals surface area (Å²) in [4.78, 5) is 20.9. The number of amides is 1. The minimum absolute atomic E-state index is 0.0502. The molecule has 0 saturated carbocycles. The van der Waals surface area contributed by atoms with Crippen LogP contribution in [-0.2, 0) is 9.47 Å². The number of rotatable bonds is 2. The Balaban J connectivity index is 1.29. The number of carbonyl (C=O) groups excluding carboxylic acids is 1. The van der Waals surface area contributed by atoms with E-state index in [0.29, 0.717) is 5.15 Å². The molecule has 3 aliphatic heterocycles. The van der Waals surface area contributed by atoms with Gasteiger partial charge in [-0.15, -0.1) is 0 Å². The highest BCUT2D eigenvalue weighted by atomic mass is 35.5. The average molecular weight is 462 g/mol. The van der Waals surface area contributed by atoms with E-state index in [1.165, 1.54) is 0 Å². The van der Waals surface area contributed by atoms with E-state index in [4.69, 9.17) is 26.2 Å². The Morgan fingerprint density at radius 2 is 2.00 bits per heavy atom. The second-order valence-corrected chi connectivity index (χ2v) is 10.8. The molecule has 1 atom stereocenters. The SMILES string of the molecule is CC(C)(C)OC(=O)N1CCC2(CC1)CN(c1nn(C3CCCCO3)c3cc(Cl)ncc13)C2. The summed E-state index contributed by atoms with van der Waals surface area (Å²) in [5.74, 6) is 0.957. The van der Waals surface area contributed by atoms with E-state index in [2.05, 4.69) is 9.88 Å². The largest absolute Gasteiger partial charge is 0.444 e. The molecule has 0 bridgehead atoms. The number of halogens is 1. The van der Waals surface area contributed by atoms with Crippen molar-refractivity contribution in [1.82, 2.24) is 19.7 Å². The molecular formula is C23H32ClN5O3. The summed E-state index contributed by atoms with van der Waals surface area (Å²) in [7, 11) is 0. The molecule has 3 fully saturated rings. The standard InChI is InChI=1S/C23H32ClN5O3/c1-22(2,3)32-21(30)27-9-7-23(8-10-27)14-28(15-23)20-16-13-25-18(24)12-17(16)29(26-20)19-6-4-5-11-31-19/h12-13,19H,4-11,14-15H2,1-3H3. The molecule has 8 nitrogen and oxygen atoms in total. The van der Waals surface area contributed by atoms with Crippen molar-refractivity contribution >= 4 is 34.4 Å². The summed E-state index contributed by atoms with van der Waals surface area (Å²) >= 11 is 6.21. The van der Waals surface area contributed by atoms with Crippen molar-refractivity contribution in [3.63, 3.8) is 0 Å². The number of carbonyl (C=O) groups is 1. The first-order chi connectivity index (χ1) is 15.2. The van der Waals surface area contributed by atoms with Crippen LogP contribution in [-0.4, -0.2) is 64.1 Å². The number of likely N-dealkylation sites (tertiary alicyclic amines) is 1. The lowest BCUT2D eigenvalue weighted by molar-refractivity contribution is -0.0366. The van der Waals surface area contributed by atoms with Gasteiger partial charge >= 0.3 is 6.09 Å². The Labute approximate surface area is 193 Å². The summed E-state index contributed by atoms with van der Waals surface area (Å²) in [6, 6.07) is 1.89. The molecule has 32 heavy (non-hydrogen) atoms. The van der Waals surface area contributed by atoms with Gasteiger partial charge in [-0.05, 0) is 52.9 Å². The second-order valence-electron chi connectivity index (χ2n) is 10.4. The summed E-state index contributed by atoms with van der Waals surface area (Å²) in [5, 5.41) is 6.46. The molecule has 0 N–H and O–H groups in total. The average Bonchev–Trinajstić information content (AvgIpc) is 3.10. The van der Waals surface area contributed by atoms with Crippen molar-refractivity contribution in [2.45, 2.75) is 64.7 Å². The van der Waals surface area contributed by atoms with Gasteiger partial charge in [-0.2, -0.15) is 5.10 Å². The Hall–Kier alpha value is -2.06. The van der Waals surface area contributed by atoms with Crippen molar-refractivity contribution in [1.29, 1.82) is 0 Å². The maximum absolute atomic E-state index is 12.4. The molecule has 174 valence electrons. The van der Waals surface area contributed by atoms with Gasteiger partial charge in [0.05, 0.1) is 10.9 Å². The van der Waals surface area contributed by atoms with Gasteiger partial charge in [-0.3, -0.25) is 0 Å². The van der Waals surface area contributed by atoms with Gasteiger partial charge < -0.3 is 19.3 Å². The maximum atomic E-state index is 12.4. The van der Waals surface area contributed by atoms with Crippen molar-refractivity contribution in [2.24, 2.45) is 5.41 Å². The number of nitrogens with zero attached hydrogens (tertiary/aromatic N) is 5. The summed E-state index contributed by atoms with van der Waals surface area (Å²) in [6.45, 7) is 9.85. The number of piperidine rings is 1. The van der Waals surface area contributed by atoms with Crippen LogP contribution in [0.3, 0.4) is 0 Å². The van der Waals surface area contributed by atoms with Crippen LogP contribution < -0.4 is 4.90 Å². The molecule has 1 unspecified atom stereocenters. The monoisotopic (exact) mass is 461 g/mol. The predicted octanol–water partition coefficient (Wildman–Crippen LogP) is 4.62. The smallest absolute Gasteiger partial charge is 0.410 e. The van der Waals surface area contributed by atoms with E-state index in [-0.39, 0.29) is 17.7 Å². The van der Waals surface area contributed by atoms with Crippen LogP contribution in [0.1, 0.15) is 59.1 Å². The van der Waals surface area contributed by atoms with Crippen LogP contribution in [0.4, 0.5) is 10.6 Å². The lowest BCUT2D eigenvalue weighted by Gasteiger charge is -2.54. The third-order valence-electron chi connectivity index (χ3n) is 6.80. The molecular weight excluding hydrogens is 430 g/mol. The van der Waals surface area contributed by atoms with Crippen LogP contribution >= 0.6 is 11.6 Å². The minimum Gasteiger partial charge on any atom is -0.444 e. The Morgan fingerprint density at radius 3 is 2.66 bits per heavy atom. The first-order valence-electron chi connectivity index (χ1n) is 11.6. The van der Waals surface area contributed by atoms with E-state index >= 15 is 0 Å². The van der Waals surface area contributed by atoms with Gasteiger partial charge in [-0.25, -0.2) is 14.5 Å². The molecule has 1 spiro atoms. The molecule has 3 aliphatic rings. The highest BCUT2D eigenvalue weighted by molar-refractivity contribution is 6.30. The van der Waals surface area contributed by atoms with Crippen molar-refractivity contribution < 1.29 is 14.3 Å². The van der Waals surface area contributed by atoms with Crippen LogP contribution in [0.15, 0.2) is 12.3 Å². The van der Waals surface area contributed by atoms with Crippen LogP contribution in [0.2, 0.25) is 5.15 Å². The van der Waals surface area contributed by atoms with E-state index in [9.17, 15) is 4.79 Å². The van der Waals surface area contributed by atoms with E-state index < -0.39 is 5.60 Å². The number of hydrogen-bond donors (Lipinski definition) is 0. The van der Waals surface area contributed by atoms with Gasteiger partial charge in [0, 0.05) is 50.5 Å². The fourth-order valence-electron chi connectivity index (χ4n) is 5.08. The number of fused-ring (bicyclic) bond motifs is 1. The molecule has 2 aromatic heterocycles. The number of ether oxygens (including phenoxy) is 2. The minimum atomic E-state index is -0.460. The molecule has 1 amide bonds. The van der Waals surface area contributed by atoms with Gasteiger partial charge in [-0.1, -0.05) is 11.6 Å². The van der Waals surface area contributed by atoms with E-state index in [1.807, 2.05) is 42.6 Å². The lowest BCUT2D eigenvalue weighted by Crippen LogP contribution is -2.61. The zero-order chi connectivity index (χ0) is 22.5. The number of pyridine rings is 1. The van der Waals surface area contributed by atoms with Gasteiger partial charge in [0.2, 0.25) is 0 Å². The zero-order valence-corrected chi connectivity index (χ0v) is 19.9. The quantitative estimate of drug-likeness (QED) is 0.607. The molecule has 3 saturated heterocycles. The number of aromatic nitrogens is 3. The normalized spacial score (nSPS) is 23.4. The Bertz CT molecular complexity index is 995. The topological polar surface area (TPSA) is 72.7 Å². The van der Waals surface area contributed by atoms with Crippen molar-refractivity contribution in [2.75, 3.05) is 37.7 Å². The van der Waals surface area contributed by atoms with Crippen LogP contribution in [0.25, 0.3) is 10.9 Å². The Morgan fingerprint density at radius 1 is 1.25 bits per heavy atom. The molecule has 5 heterocycles. The van der Waals surface area contributed by atoms with Crippen LogP contribution in [0, 0.1) is 5.41 Å². The third kappa shape index (κ3) is 4.15. The maximum Gasteiger partial charge on any atom is 0.410 e.